The van der Waals surface area contributed by atoms with Crippen LogP contribution in [0.2, 0.25) is 0 Å². The molecule has 0 saturated heterocycles. The summed E-state index contributed by atoms with van der Waals surface area (Å²) < 4.78 is 0. The summed E-state index contributed by atoms with van der Waals surface area (Å²) in [6, 6.07) is 9.24. The maximum absolute atomic E-state index is 12.1. The van der Waals surface area contributed by atoms with E-state index in [1.807, 2.05) is 95.0 Å². The van der Waals surface area contributed by atoms with Gasteiger partial charge in [-0.3, -0.25) is 0 Å². The SMILES string of the molecule is C[C@@H]([N-]C[C]1[CH][CH][CH][CH]1)[C@@H]([O-])c1ccccc1.[CH]1[CH][CH][CH][CH]1.[Fe+2]. The van der Waals surface area contributed by atoms with Crippen molar-refractivity contribution >= 4 is 0 Å². The van der Waals surface area contributed by atoms with E-state index in [0.717, 1.165) is 11.5 Å². The van der Waals surface area contributed by atoms with Gasteiger partial charge in [-0.05, 0) is 63.7 Å². The van der Waals surface area contributed by atoms with Gasteiger partial charge in [0, 0.05) is 0 Å². The summed E-state index contributed by atoms with van der Waals surface area (Å²) in [6.45, 7) is 2.51. The predicted molar refractivity (Wildman–Crippen MR) is 88.8 cm³/mol. The number of benzene rings is 1. The molecule has 0 unspecified atom stereocenters. The molecule has 2 aliphatic rings. The quantitative estimate of drug-likeness (QED) is 0.754. The van der Waals surface area contributed by atoms with Crippen molar-refractivity contribution in [2.24, 2.45) is 0 Å². The minimum atomic E-state index is -0.772. The second kappa shape index (κ2) is 12.1. The molecule has 2 nitrogen and oxygen atoms in total. The molecule has 0 aromatic heterocycles. The van der Waals surface area contributed by atoms with Crippen LogP contribution in [-0.2, 0) is 17.1 Å². The average Bonchev–Trinajstić information content (AvgIpc) is 3.28. The monoisotopic (exact) mass is 347 g/mol. The van der Waals surface area contributed by atoms with Crippen molar-refractivity contribution in [2.75, 3.05) is 6.54 Å². The summed E-state index contributed by atoms with van der Waals surface area (Å²) in [5.41, 5.74) is 0.811. The predicted octanol–water partition coefficient (Wildman–Crippen LogP) is 3.27. The number of rotatable bonds is 5. The summed E-state index contributed by atoms with van der Waals surface area (Å²) >= 11 is 0. The summed E-state index contributed by atoms with van der Waals surface area (Å²) in [5, 5.41) is 16.5. The molecule has 1 aromatic carbocycles. The Labute approximate surface area is 152 Å². The van der Waals surface area contributed by atoms with Crippen LogP contribution in [0.3, 0.4) is 0 Å². The minimum absolute atomic E-state index is 0. The summed E-state index contributed by atoms with van der Waals surface area (Å²) in [5.74, 6) is 1.16. The van der Waals surface area contributed by atoms with Crippen LogP contribution in [0.15, 0.2) is 30.3 Å². The van der Waals surface area contributed by atoms with Gasteiger partial charge in [0.05, 0.1) is 0 Å². The molecule has 2 saturated carbocycles. The Bertz CT molecular complexity index is 380. The van der Waals surface area contributed by atoms with E-state index >= 15 is 0 Å². The Hall–Kier alpha value is -0.341. The molecule has 10 radical (unpaired) electrons. The van der Waals surface area contributed by atoms with Crippen LogP contribution in [-0.4, -0.2) is 12.6 Å². The second-order valence-electron chi connectivity index (χ2n) is 5.17. The third-order valence-electron chi connectivity index (χ3n) is 3.42. The van der Waals surface area contributed by atoms with Crippen molar-refractivity contribution in [3.05, 3.63) is 105 Å². The number of hydrogen-bond donors (Lipinski definition) is 0. The Balaban J connectivity index is 0.000000377. The fourth-order valence-corrected chi connectivity index (χ4v) is 2.11. The van der Waals surface area contributed by atoms with Crippen LogP contribution in [0.25, 0.3) is 5.32 Å². The van der Waals surface area contributed by atoms with E-state index in [1.54, 1.807) is 0 Å². The zero-order valence-electron chi connectivity index (χ0n) is 13.2. The molecule has 120 valence electrons. The van der Waals surface area contributed by atoms with Crippen LogP contribution in [0.5, 0.6) is 0 Å². The van der Waals surface area contributed by atoms with Crippen LogP contribution in [0, 0.1) is 63.7 Å². The topological polar surface area (TPSA) is 37.2 Å². The molecular weight excluding hydrogens is 326 g/mol. The molecule has 2 fully saturated rings. The molecule has 0 amide bonds. The van der Waals surface area contributed by atoms with Gasteiger partial charge in [0.1, 0.15) is 0 Å². The second-order valence-corrected chi connectivity index (χ2v) is 5.17. The zero-order chi connectivity index (χ0) is 15.6. The fraction of sp³-hybridized carbons (Fsp3) is 0.200. The molecule has 3 rings (SSSR count). The average molecular weight is 347 g/mol. The van der Waals surface area contributed by atoms with E-state index in [2.05, 4.69) is 5.32 Å². The largest absolute Gasteiger partial charge is 2.00 e. The van der Waals surface area contributed by atoms with Crippen molar-refractivity contribution in [1.82, 2.24) is 0 Å². The molecule has 2 aliphatic carbocycles. The molecule has 0 spiro atoms. The van der Waals surface area contributed by atoms with Gasteiger partial charge in [-0.1, -0.05) is 42.8 Å². The van der Waals surface area contributed by atoms with Crippen LogP contribution in [0.1, 0.15) is 18.6 Å². The van der Waals surface area contributed by atoms with E-state index in [4.69, 9.17) is 0 Å². The zero-order valence-corrected chi connectivity index (χ0v) is 14.3. The van der Waals surface area contributed by atoms with Gasteiger partial charge in [-0.15, -0.1) is 18.7 Å². The van der Waals surface area contributed by atoms with Gasteiger partial charge < -0.3 is 10.4 Å². The molecule has 1 aromatic rings. The van der Waals surface area contributed by atoms with Crippen LogP contribution < -0.4 is 5.11 Å². The Morgan fingerprint density at radius 3 is 1.91 bits per heavy atom. The molecule has 23 heavy (non-hydrogen) atoms. The van der Waals surface area contributed by atoms with Gasteiger partial charge in [-0.2, -0.15) is 0 Å². The van der Waals surface area contributed by atoms with Crippen molar-refractivity contribution in [3.8, 4) is 0 Å². The third-order valence-corrected chi connectivity index (χ3v) is 3.42. The van der Waals surface area contributed by atoms with Crippen molar-refractivity contribution in [1.29, 1.82) is 0 Å². The van der Waals surface area contributed by atoms with Gasteiger partial charge in [0.15, 0.2) is 0 Å². The first-order chi connectivity index (χ1) is 10.8. The molecule has 0 bridgehead atoms. The first-order valence-electron chi connectivity index (χ1n) is 7.52. The minimum Gasteiger partial charge on any atom is -0.850 e. The smallest absolute Gasteiger partial charge is 0.850 e. The fourth-order valence-electron chi connectivity index (χ4n) is 2.11. The Kier molecular flexibility index (Phi) is 10.9. The van der Waals surface area contributed by atoms with Gasteiger partial charge in [0.25, 0.3) is 0 Å². The summed E-state index contributed by atoms with van der Waals surface area (Å²) in [7, 11) is 0. The maximum Gasteiger partial charge on any atom is 2.00 e. The summed E-state index contributed by atoms with van der Waals surface area (Å²) in [4.78, 5) is 0. The maximum atomic E-state index is 12.1. The van der Waals surface area contributed by atoms with Crippen molar-refractivity contribution in [2.45, 2.75) is 19.1 Å². The number of hydrogen-bond acceptors (Lipinski definition) is 1. The van der Waals surface area contributed by atoms with E-state index in [-0.39, 0.29) is 23.1 Å². The van der Waals surface area contributed by atoms with Crippen LogP contribution in [0.4, 0.5) is 0 Å². The number of nitrogens with zero attached hydrogens (tertiary/aromatic N) is 1. The standard InChI is InChI=1S/C15H16NO.C5H5.Fe/c1-12(16-11-13-7-5-6-8-13)15(17)14-9-3-2-4-10-14;1-2-4-5-3-1;/h2-10,12,15H,11H2,1H3;1-5H;/q-2;;+2/t12-,15-;;/m1../s1. The van der Waals surface area contributed by atoms with E-state index < -0.39 is 6.10 Å². The first kappa shape index (κ1) is 20.7. The van der Waals surface area contributed by atoms with Gasteiger partial charge in [-0.25, -0.2) is 0 Å². The molecule has 3 heteroatoms. The van der Waals surface area contributed by atoms with Crippen molar-refractivity contribution < 1.29 is 22.2 Å². The molecule has 0 N–H and O–H groups in total. The molecule has 0 aliphatic heterocycles. The van der Waals surface area contributed by atoms with Gasteiger partial charge in [0.2, 0.25) is 0 Å². The molecule has 2 atom stereocenters. The van der Waals surface area contributed by atoms with Crippen LogP contribution >= 0.6 is 0 Å². The van der Waals surface area contributed by atoms with Crippen molar-refractivity contribution in [3.63, 3.8) is 0 Å². The molecular formula is C20H21FeNO. The normalized spacial score (nSPS) is 20.3. The van der Waals surface area contributed by atoms with E-state index in [1.165, 1.54) is 0 Å². The summed E-state index contributed by atoms with van der Waals surface area (Å²) in [6.07, 6.45) is 17.3. The first-order valence-corrected chi connectivity index (χ1v) is 7.52. The molecule has 0 heterocycles. The van der Waals surface area contributed by atoms with E-state index in [0.29, 0.717) is 6.54 Å². The third kappa shape index (κ3) is 7.85. The van der Waals surface area contributed by atoms with E-state index in [9.17, 15) is 5.11 Å². The Morgan fingerprint density at radius 1 is 0.870 bits per heavy atom. The Morgan fingerprint density at radius 2 is 1.39 bits per heavy atom. The van der Waals surface area contributed by atoms with Gasteiger partial charge >= 0.3 is 17.1 Å².